The van der Waals surface area contributed by atoms with E-state index in [0.717, 1.165) is 68.6 Å². The Balaban J connectivity index is 0.00000240. The third-order valence-corrected chi connectivity index (χ3v) is 5.63. The molecule has 0 aliphatic carbocycles. The average Bonchev–Trinajstić information content (AvgIpc) is 3.22. The van der Waals surface area contributed by atoms with Crippen LogP contribution in [-0.4, -0.2) is 63.2 Å². The summed E-state index contributed by atoms with van der Waals surface area (Å²) < 4.78 is 22.7. The van der Waals surface area contributed by atoms with Crippen LogP contribution in [0.1, 0.15) is 37.7 Å². The van der Waals surface area contributed by atoms with Gasteiger partial charge in [0.25, 0.3) is 0 Å². The first-order valence-corrected chi connectivity index (χ1v) is 10.4. The van der Waals surface area contributed by atoms with Crippen molar-refractivity contribution in [1.29, 1.82) is 0 Å². The van der Waals surface area contributed by atoms with Crippen LogP contribution in [-0.2, 0) is 16.0 Å². The van der Waals surface area contributed by atoms with Gasteiger partial charge < -0.3 is 29.2 Å². The van der Waals surface area contributed by atoms with Gasteiger partial charge in [0, 0.05) is 33.3 Å². The van der Waals surface area contributed by atoms with Crippen LogP contribution in [0.5, 0.6) is 11.5 Å². The van der Waals surface area contributed by atoms with E-state index in [2.05, 4.69) is 21.3 Å². The Kier molecular flexibility index (Phi) is 8.68. The monoisotopic (exact) mass is 517 g/mol. The van der Waals surface area contributed by atoms with Gasteiger partial charge in [-0.3, -0.25) is 4.99 Å². The topological polar surface area (TPSA) is 64.6 Å². The van der Waals surface area contributed by atoms with E-state index in [1.807, 2.05) is 19.2 Å². The Morgan fingerprint density at radius 1 is 1.17 bits per heavy atom. The number of guanidine groups is 1. The zero-order valence-electron chi connectivity index (χ0n) is 17.1. The molecular weight excluding hydrogens is 485 g/mol. The summed E-state index contributed by atoms with van der Waals surface area (Å²) in [7, 11) is 1.84. The van der Waals surface area contributed by atoms with Gasteiger partial charge in [0.05, 0.1) is 18.8 Å². The van der Waals surface area contributed by atoms with Gasteiger partial charge in [-0.2, -0.15) is 0 Å². The third kappa shape index (κ3) is 6.11. The van der Waals surface area contributed by atoms with Crippen LogP contribution in [0.3, 0.4) is 0 Å². The molecule has 4 rings (SSSR count). The Morgan fingerprint density at radius 3 is 2.76 bits per heavy atom. The lowest BCUT2D eigenvalue weighted by molar-refractivity contribution is -0.0721. The predicted molar refractivity (Wildman–Crippen MR) is 122 cm³/mol. The number of hydrogen-bond donors (Lipinski definition) is 1. The number of hydrogen-bond acceptors (Lipinski definition) is 5. The van der Waals surface area contributed by atoms with Gasteiger partial charge in [-0.05, 0) is 49.8 Å². The number of likely N-dealkylation sites (tertiary alicyclic amines) is 1. The highest BCUT2D eigenvalue weighted by atomic mass is 127. The maximum absolute atomic E-state index is 6.12. The highest BCUT2D eigenvalue weighted by molar-refractivity contribution is 14.0. The van der Waals surface area contributed by atoms with Gasteiger partial charge in [-0.15, -0.1) is 24.0 Å². The lowest BCUT2D eigenvalue weighted by Crippen LogP contribution is -2.47. The lowest BCUT2D eigenvalue weighted by atomic mass is 10.1. The standard InChI is InChI=1S/C21H31N3O4.HI/c1-22-21(23-13-16-5-6-19-20(12-16)28-15-27-19)24-9-7-17(8-10-24)26-14-18-4-2-3-11-25-18;/h5-6,12,17-18H,2-4,7-11,13-15H2,1H3,(H,22,23);1H. The van der Waals surface area contributed by atoms with Gasteiger partial charge in [0.1, 0.15) is 0 Å². The van der Waals surface area contributed by atoms with Crippen molar-refractivity contribution in [2.24, 2.45) is 4.99 Å². The van der Waals surface area contributed by atoms with Crippen LogP contribution in [0.4, 0.5) is 0 Å². The third-order valence-electron chi connectivity index (χ3n) is 5.63. The normalized spacial score (nSPS) is 22.3. The van der Waals surface area contributed by atoms with E-state index in [4.69, 9.17) is 18.9 Å². The number of nitrogens with zero attached hydrogens (tertiary/aromatic N) is 2. The molecule has 1 aromatic carbocycles. The molecule has 1 N–H and O–H groups in total. The molecule has 29 heavy (non-hydrogen) atoms. The number of ether oxygens (including phenoxy) is 4. The number of fused-ring (bicyclic) bond motifs is 1. The molecule has 0 radical (unpaired) electrons. The largest absolute Gasteiger partial charge is 0.454 e. The van der Waals surface area contributed by atoms with Crippen LogP contribution in [0.15, 0.2) is 23.2 Å². The zero-order chi connectivity index (χ0) is 19.2. The van der Waals surface area contributed by atoms with E-state index in [1.54, 1.807) is 0 Å². The molecule has 2 saturated heterocycles. The zero-order valence-corrected chi connectivity index (χ0v) is 19.4. The molecule has 3 aliphatic heterocycles. The molecule has 3 aliphatic rings. The molecule has 0 bridgehead atoms. The average molecular weight is 517 g/mol. The van der Waals surface area contributed by atoms with Crippen LogP contribution in [0.2, 0.25) is 0 Å². The summed E-state index contributed by atoms with van der Waals surface area (Å²) in [4.78, 5) is 6.77. The van der Waals surface area contributed by atoms with Crippen molar-refractivity contribution in [3.63, 3.8) is 0 Å². The summed E-state index contributed by atoms with van der Waals surface area (Å²) in [5.74, 6) is 2.56. The molecule has 1 aromatic rings. The fourth-order valence-corrected chi connectivity index (χ4v) is 3.98. The molecule has 0 saturated carbocycles. The van der Waals surface area contributed by atoms with Crippen LogP contribution < -0.4 is 14.8 Å². The van der Waals surface area contributed by atoms with Gasteiger partial charge >= 0.3 is 0 Å². The van der Waals surface area contributed by atoms with Crippen LogP contribution >= 0.6 is 24.0 Å². The number of nitrogens with one attached hydrogen (secondary N) is 1. The summed E-state index contributed by atoms with van der Waals surface area (Å²) in [5.41, 5.74) is 1.15. The first-order chi connectivity index (χ1) is 13.8. The van der Waals surface area contributed by atoms with Crippen molar-refractivity contribution in [2.45, 2.75) is 50.9 Å². The summed E-state index contributed by atoms with van der Waals surface area (Å²) >= 11 is 0. The Bertz CT molecular complexity index is 674. The molecule has 0 amide bonds. The van der Waals surface area contributed by atoms with E-state index in [9.17, 15) is 0 Å². The predicted octanol–water partition coefficient (Wildman–Crippen LogP) is 3.16. The molecule has 0 spiro atoms. The maximum Gasteiger partial charge on any atom is 0.231 e. The Labute approximate surface area is 190 Å². The van der Waals surface area contributed by atoms with E-state index in [1.165, 1.54) is 12.8 Å². The second kappa shape index (κ2) is 11.2. The minimum atomic E-state index is 0. The van der Waals surface area contributed by atoms with Crippen molar-refractivity contribution >= 4 is 29.9 Å². The van der Waals surface area contributed by atoms with Crippen LogP contribution in [0.25, 0.3) is 0 Å². The second-order valence-corrected chi connectivity index (χ2v) is 7.60. The molecule has 162 valence electrons. The van der Waals surface area contributed by atoms with Crippen molar-refractivity contribution in [3.05, 3.63) is 23.8 Å². The highest BCUT2D eigenvalue weighted by Crippen LogP contribution is 2.32. The smallest absolute Gasteiger partial charge is 0.231 e. The van der Waals surface area contributed by atoms with Gasteiger partial charge in [-0.1, -0.05) is 6.07 Å². The first-order valence-electron chi connectivity index (χ1n) is 10.4. The fraction of sp³-hybridized carbons (Fsp3) is 0.667. The number of aliphatic imine (C=N–C) groups is 1. The summed E-state index contributed by atoms with van der Waals surface area (Å²) in [5, 5.41) is 3.46. The molecule has 1 unspecified atom stereocenters. The molecule has 2 fully saturated rings. The summed E-state index contributed by atoms with van der Waals surface area (Å²) in [6.07, 6.45) is 6.26. The van der Waals surface area contributed by atoms with E-state index < -0.39 is 0 Å². The Morgan fingerprint density at radius 2 is 2.00 bits per heavy atom. The SMILES string of the molecule is CN=C(NCc1ccc2c(c1)OCO2)N1CCC(OCC2CCCCO2)CC1.I. The molecule has 1 atom stereocenters. The highest BCUT2D eigenvalue weighted by Gasteiger charge is 2.24. The Hall–Kier alpha value is -1.26. The molecule has 8 heteroatoms. The lowest BCUT2D eigenvalue weighted by Gasteiger charge is -2.35. The summed E-state index contributed by atoms with van der Waals surface area (Å²) in [6, 6.07) is 6.04. The quantitative estimate of drug-likeness (QED) is 0.368. The fourth-order valence-electron chi connectivity index (χ4n) is 3.98. The van der Waals surface area contributed by atoms with Gasteiger partial charge in [-0.25, -0.2) is 0 Å². The van der Waals surface area contributed by atoms with Crippen molar-refractivity contribution < 1.29 is 18.9 Å². The van der Waals surface area contributed by atoms with Crippen molar-refractivity contribution in [1.82, 2.24) is 10.2 Å². The second-order valence-electron chi connectivity index (χ2n) is 7.60. The molecule has 7 nitrogen and oxygen atoms in total. The number of rotatable bonds is 5. The van der Waals surface area contributed by atoms with Crippen molar-refractivity contribution in [3.8, 4) is 11.5 Å². The van der Waals surface area contributed by atoms with E-state index in [0.29, 0.717) is 25.5 Å². The first kappa shape index (κ1) is 22.4. The number of halogens is 1. The number of piperidine rings is 1. The number of benzene rings is 1. The molecular formula is C21H32IN3O4. The van der Waals surface area contributed by atoms with E-state index in [-0.39, 0.29) is 24.0 Å². The van der Waals surface area contributed by atoms with Crippen molar-refractivity contribution in [2.75, 3.05) is 40.1 Å². The minimum absolute atomic E-state index is 0. The summed E-state index contributed by atoms with van der Waals surface area (Å²) in [6.45, 7) is 4.55. The van der Waals surface area contributed by atoms with Gasteiger partial charge in [0.2, 0.25) is 6.79 Å². The minimum Gasteiger partial charge on any atom is -0.454 e. The van der Waals surface area contributed by atoms with Gasteiger partial charge in [0.15, 0.2) is 17.5 Å². The van der Waals surface area contributed by atoms with Crippen LogP contribution in [0, 0.1) is 0 Å². The maximum atomic E-state index is 6.12. The van der Waals surface area contributed by atoms with E-state index >= 15 is 0 Å². The molecule has 0 aromatic heterocycles. The molecule has 3 heterocycles.